The zero-order chi connectivity index (χ0) is 17.9. The summed E-state index contributed by atoms with van der Waals surface area (Å²) in [4.78, 5) is 26.6. The number of carbonyl (C=O) groups is 2. The number of benzene rings is 1. The standard InChI is InChI=1S/C20H26N4O2/c25-19(14-24-12-16-8-4-5-9-18(16)22-24)21-17-10-20(26)23(13-17)11-15-6-2-1-3-7-15/h4-5,8-9,12,15,17H,1-3,6-7,10-11,13-14H2,(H,21,25)/t17-/m0/s1. The van der Waals surface area contributed by atoms with Crippen molar-refractivity contribution in [2.24, 2.45) is 5.92 Å². The summed E-state index contributed by atoms with van der Waals surface area (Å²) in [6, 6.07) is 7.73. The van der Waals surface area contributed by atoms with Crippen molar-refractivity contribution in [3.63, 3.8) is 0 Å². The first-order valence-electron chi connectivity index (χ1n) is 9.67. The van der Waals surface area contributed by atoms with Gasteiger partial charge in [0.2, 0.25) is 11.8 Å². The molecule has 2 aromatic rings. The van der Waals surface area contributed by atoms with Gasteiger partial charge in [-0.2, -0.15) is 5.10 Å². The van der Waals surface area contributed by atoms with Gasteiger partial charge < -0.3 is 10.2 Å². The Balaban J connectivity index is 1.29. The highest BCUT2D eigenvalue weighted by Crippen LogP contribution is 2.26. The molecule has 1 aromatic heterocycles. The van der Waals surface area contributed by atoms with Crippen LogP contribution in [0, 0.1) is 5.92 Å². The fraction of sp³-hybridized carbons (Fsp3) is 0.550. The number of nitrogens with zero attached hydrogens (tertiary/aromatic N) is 3. The van der Waals surface area contributed by atoms with E-state index < -0.39 is 0 Å². The van der Waals surface area contributed by atoms with E-state index in [1.807, 2.05) is 35.4 Å². The number of hydrogen-bond donors (Lipinski definition) is 1. The zero-order valence-corrected chi connectivity index (χ0v) is 15.1. The van der Waals surface area contributed by atoms with Crippen LogP contribution in [0.4, 0.5) is 0 Å². The molecule has 1 aliphatic carbocycles. The molecule has 2 heterocycles. The van der Waals surface area contributed by atoms with E-state index in [9.17, 15) is 9.59 Å². The maximum absolute atomic E-state index is 12.3. The van der Waals surface area contributed by atoms with Gasteiger partial charge in [0, 0.05) is 31.1 Å². The second kappa shape index (κ2) is 7.48. The largest absolute Gasteiger partial charge is 0.349 e. The van der Waals surface area contributed by atoms with Crippen molar-refractivity contribution < 1.29 is 9.59 Å². The van der Waals surface area contributed by atoms with Crippen LogP contribution in [0.3, 0.4) is 0 Å². The molecular formula is C20H26N4O2. The summed E-state index contributed by atoms with van der Waals surface area (Å²) in [5.74, 6) is 0.722. The molecule has 1 saturated heterocycles. The molecule has 1 saturated carbocycles. The van der Waals surface area contributed by atoms with Crippen LogP contribution < -0.4 is 5.32 Å². The Morgan fingerprint density at radius 2 is 2.00 bits per heavy atom. The highest BCUT2D eigenvalue weighted by molar-refractivity contribution is 5.83. The number of likely N-dealkylation sites (tertiary alicyclic amines) is 1. The van der Waals surface area contributed by atoms with Crippen molar-refractivity contribution in [1.29, 1.82) is 0 Å². The van der Waals surface area contributed by atoms with Gasteiger partial charge in [-0.25, -0.2) is 0 Å². The average Bonchev–Trinajstić information content (AvgIpc) is 3.18. The fourth-order valence-electron chi connectivity index (χ4n) is 4.24. The Hall–Kier alpha value is -2.37. The molecule has 0 unspecified atom stereocenters. The van der Waals surface area contributed by atoms with E-state index in [1.165, 1.54) is 32.1 Å². The smallest absolute Gasteiger partial charge is 0.242 e. The maximum atomic E-state index is 12.3. The Kier molecular flexibility index (Phi) is 4.91. The van der Waals surface area contributed by atoms with Gasteiger partial charge in [0.15, 0.2) is 0 Å². The molecular weight excluding hydrogens is 328 g/mol. The third-order valence-electron chi connectivity index (χ3n) is 5.55. The van der Waals surface area contributed by atoms with Gasteiger partial charge in [0.05, 0.1) is 11.6 Å². The monoisotopic (exact) mass is 354 g/mol. The van der Waals surface area contributed by atoms with E-state index in [0.717, 1.165) is 17.4 Å². The highest BCUT2D eigenvalue weighted by atomic mass is 16.2. The van der Waals surface area contributed by atoms with E-state index in [0.29, 0.717) is 18.9 Å². The lowest BCUT2D eigenvalue weighted by atomic mass is 9.89. The average molecular weight is 354 g/mol. The van der Waals surface area contributed by atoms with E-state index in [1.54, 1.807) is 4.68 Å². The number of rotatable bonds is 5. The van der Waals surface area contributed by atoms with E-state index in [4.69, 9.17) is 0 Å². The van der Waals surface area contributed by atoms with E-state index in [-0.39, 0.29) is 24.4 Å². The lowest BCUT2D eigenvalue weighted by molar-refractivity contribution is -0.128. The topological polar surface area (TPSA) is 67.2 Å². The van der Waals surface area contributed by atoms with Crippen LogP contribution >= 0.6 is 0 Å². The number of fused-ring (bicyclic) bond motifs is 1. The Labute approximate surface area is 153 Å². The first kappa shape index (κ1) is 17.1. The molecule has 0 spiro atoms. The zero-order valence-electron chi connectivity index (χ0n) is 15.1. The van der Waals surface area contributed by atoms with E-state index >= 15 is 0 Å². The lowest BCUT2D eigenvalue weighted by Gasteiger charge is -2.27. The number of nitrogens with one attached hydrogen (secondary N) is 1. The summed E-state index contributed by atoms with van der Waals surface area (Å²) >= 11 is 0. The van der Waals surface area contributed by atoms with Crippen molar-refractivity contribution in [2.45, 2.75) is 51.1 Å². The quantitative estimate of drug-likeness (QED) is 0.896. The molecule has 1 atom stereocenters. The van der Waals surface area contributed by atoms with Crippen LogP contribution in [-0.2, 0) is 16.1 Å². The maximum Gasteiger partial charge on any atom is 0.242 e. The normalized spacial score (nSPS) is 21.5. The molecule has 1 N–H and O–H groups in total. The van der Waals surface area contributed by atoms with Gasteiger partial charge in [0.25, 0.3) is 0 Å². The molecule has 26 heavy (non-hydrogen) atoms. The molecule has 0 bridgehead atoms. The van der Waals surface area contributed by atoms with Crippen molar-refractivity contribution in [2.75, 3.05) is 13.1 Å². The fourth-order valence-corrected chi connectivity index (χ4v) is 4.24. The molecule has 2 amide bonds. The molecule has 2 aliphatic rings. The Morgan fingerprint density at radius 3 is 2.81 bits per heavy atom. The number of hydrogen-bond acceptors (Lipinski definition) is 3. The first-order valence-corrected chi connectivity index (χ1v) is 9.67. The summed E-state index contributed by atoms with van der Waals surface area (Å²) in [5, 5.41) is 8.44. The van der Waals surface area contributed by atoms with Gasteiger partial charge in [-0.05, 0) is 24.8 Å². The van der Waals surface area contributed by atoms with Crippen LogP contribution in [0.25, 0.3) is 10.9 Å². The van der Waals surface area contributed by atoms with Crippen molar-refractivity contribution >= 4 is 22.7 Å². The summed E-state index contributed by atoms with van der Waals surface area (Å²) in [6.07, 6.45) is 8.65. The Bertz CT molecular complexity index is 761. The van der Waals surface area contributed by atoms with Crippen LogP contribution in [0.15, 0.2) is 30.5 Å². The molecule has 2 fully saturated rings. The van der Waals surface area contributed by atoms with Gasteiger partial charge >= 0.3 is 0 Å². The molecule has 138 valence electrons. The minimum Gasteiger partial charge on any atom is -0.349 e. The predicted molar refractivity (Wildman–Crippen MR) is 99.4 cm³/mol. The Morgan fingerprint density at radius 1 is 1.19 bits per heavy atom. The first-order chi connectivity index (χ1) is 12.7. The summed E-state index contributed by atoms with van der Waals surface area (Å²) in [5.41, 5.74) is 0.884. The minimum absolute atomic E-state index is 0.0800. The third kappa shape index (κ3) is 3.89. The second-order valence-corrected chi connectivity index (χ2v) is 7.66. The van der Waals surface area contributed by atoms with Crippen molar-refractivity contribution in [1.82, 2.24) is 20.0 Å². The van der Waals surface area contributed by atoms with Gasteiger partial charge in [-0.1, -0.05) is 37.5 Å². The molecule has 6 nitrogen and oxygen atoms in total. The van der Waals surface area contributed by atoms with Crippen LogP contribution in [0.2, 0.25) is 0 Å². The number of carbonyl (C=O) groups excluding carboxylic acids is 2. The van der Waals surface area contributed by atoms with Crippen LogP contribution in [0.1, 0.15) is 38.5 Å². The minimum atomic E-state index is -0.0878. The summed E-state index contributed by atoms with van der Waals surface area (Å²) in [7, 11) is 0. The summed E-state index contributed by atoms with van der Waals surface area (Å²) in [6.45, 7) is 1.68. The second-order valence-electron chi connectivity index (χ2n) is 7.66. The molecule has 0 radical (unpaired) electrons. The van der Waals surface area contributed by atoms with Crippen molar-refractivity contribution in [3.8, 4) is 0 Å². The van der Waals surface area contributed by atoms with Gasteiger partial charge in [0.1, 0.15) is 6.54 Å². The number of aromatic nitrogens is 2. The summed E-state index contributed by atoms with van der Waals surface area (Å²) < 4.78 is 1.66. The molecule has 1 aromatic carbocycles. The van der Waals surface area contributed by atoms with Crippen molar-refractivity contribution in [3.05, 3.63) is 30.5 Å². The van der Waals surface area contributed by atoms with Crippen LogP contribution in [-0.4, -0.2) is 45.6 Å². The highest BCUT2D eigenvalue weighted by Gasteiger charge is 2.32. The molecule has 1 aliphatic heterocycles. The molecule has 6 heteroatoms. The predicted octanol–water partition coefficient (Wildman–Crippen LogP) is 2.33. The SMILES string of the molecule is O=C(Cn1cc2ccccc2n1)N[C@H]1CC(=O)N(CC2CCCCC2)C1. The van der Waals surface area contributed by atoms with E-state index in [2.05, 4.69) is 10.4 Å². The molecule has 4 rings (SSSR count). The van der Waals surface area contributed by atoms with Gasteiger partial charge in [-0.15, -0.1) is 0 Å². The lowest BCUT2D eigenvalue weighted by Crippen LogP contribution is -2.39. The van der Waals surface area contributed by atoms with Crippen LogP contribution in [0.5, 0.6) is 0 Å². The number of amides is 2. The third-order valence-corrected chi connectivity index (χ3v) is 5.55. The van der Waals surface area contributed by atoms with Gasteiger partial charge in [-0.3, -0.25) is 14.3 Å².